The lowest BCUT2D eigenvalue weighted by molar-refractivity contribution is -0.117. The molecule has 2 amide bonds. The molecule has 2 N–H and O–H groups in total. The van der Waals surface area contributed by atoms with Gasteiger partial charge in [0.15, 0.2) is 0 Å². The summed E-state index contributed by atoms with van der Waals surface area (Å²) < 4.78 is 1.66. The van der Waals surface area contributed by atoms with Crippen molar-refractivity contribution in [3.05, 3.63) is 82.7 Å². The maximum atomic E-state index is 12.7. The van der Waals surface area contributed by atoms with Crippen molar-refractivity contribution >= 4 is 17.6 Å². The fourth-order valence-corrected chi connectivity index (χ4v) is 3.09. The number of aryl methyl sites for hydroxylation is 1. The lowest BCUT2D eigenvalue weighted by Gasteiger charge is -2.07. The maximum absolute atomic E-state index is 12.7. The van der Waals surface area contributed by atoms with Crippen LogP contribution < -0.4 is 10.6 Å². The zero-order chi connectivity index (χ0) is 21.0. The van der Waals surface area contributed by atoms with Crippen LogP contribution in [0.1, 0.15) is 37.7 Å². The Labute approximate surface area is 168 Å². The van der Waals surface area contributed by atoms with Crippen LogP contribution in [-0.4, -0.2) is 34.4 Å². The number of nitrogens with zero attached hydrogens (tertiary/aromatic N) is 2. The van der Waals surface area contributed by atoms with E-state index in [2.05, 4.69) is 15.7 Å². The smallest absolute Gasteiger partial charge is 0.292 e. The summed E-state index contributed by atoms with van der Waals surface area (Å²) in [6.45, 7) is 3.67. The molecule has 0 radical (unpaired) electrons. The fourth-order valence-electron chi connectivity index (χ4n) is 3.09. The van der Waals surface area contributed by atoms with Crippen LogP contribution in [0.15, 0.2) is 54.6 Å². The number of rotatable bonds is 6. The van der Waals surface area contributed by atoms with E-state index in [0.29, 0.717) is 22.5 Å². The predicted octanol–water partition coefficient (Wildman–Crippen LogP) is 2.35. The van der Waals surface area contributed by atoms with E-state index in [1.807, 2.05) is 30.3 Å². The Morgan fingerprint density at radius 1 is 0.966 bits per heavy atom. The largest absolute Gasteiger partial charge is 0.355 e. The maximum Gasteiger partial charge on any atom is 0.292 e. The van der Waals surface area contributed by atoms with Gasteiger partial charge in [-0.3, -0.25) is 14.4 Å². The average molecular weight is 390 g/mol. The Hall–Kier alpha value is -3.74. The molecular weight excluding hydrogens is 368 g/mol. The van der Waals surface area contributed by atoms with Crippen LogP contribution in [0.4, 0.5) is 0 Å². The molecule has 0 spiro atoms. The summed E-state index contributed by atoms with van der Waals surface area (Å²) in [5, 5.41) is 9.60. The van der Waals surface area contributed by atoms with Crippen molar-refractivity contribution in [3.8, 4) is 5.69 Å². The van der Waals surface area contributed by atoms with Crippen molar-refractivity contribution in [2.24, 2.45) is 0 Å². The standard InChI is InChI=1S/C22H22N4O3/c1-14-19(15(2)26(25-14)18-7-5-4-6-8-18)20(27)22(29)24-13-16-9-11-17(12-10-16)21(28)23-3/h4-12H,13H2,1-3H3,(H,23,28)(H,24,29). The molecule has 0 unspecified atom stereocenters. The van der Waals surface area contributed by atoms with Gasteiger partial charge in [-0.2, -0.15) is 5.10 Å². The van der Waals surface area contributed by atoms with Crippen LogP contribution >= 0.6 is 0 Å². The Bertz CT molecular complexity index is 1050. The minimum atomic E-state index is -0.695. The molecule has 148 valence electrons. The first-order chi connectivity index (χ1) is 13.9. The van der Waals surface area contributed by atoms with Crippen molar-refractivity contribution in [2.45, 2.75) is 20.4 Å². The highest BCUT2D eigenvalue weighted by atomic mass is 16.2. The van der Waals surface area contributed by atoms with Crippen molar-refractivity contribution in [2.75, 3.05) is 7.05 Å². The molecule has 0 saturated carbocycles. The van der Waals surface area contributed by atoms with Crippen LogP contribution in [0.5, 0.6) is 0 Å². The summed E-state index contributed by atoms with van der Waals surface area (Å²) in [4.78, 5) is 36.7. The average Bonchev–Trinajstić information content (AvgIpc) is 3.05. The Balaban J connectivity index is 1.72. The molecule has 7 nitrogen and oxygen atoms in total. The van der Waals surface area contributed by atoms with Crippen LogP contribution in [0.3, 0.4) is 0 Å². The third-order valence-electron chi connectivity index (χ3n) is 4.62. The van der Waals surface area contributed by atoms with E-state index >= 15 is 0 Å². The molecule has 3 rings (SSSR count). The van der Waals surface area contributed by atoms with Gasteiger partial charge in [0.05, 0.1) is 22.6 Å². The van der Waals surface area contributed by atoms with Gasteiger partial charge in [0.25, 0.3) is 17.6 Å². The highest BCUT2D eigenvalue weighted by Crippen LogP contribution is 2.18. The number of amides is 2. The normalized spacial score (nSPS) is 10.4. The topological polar surface area (TPSA) is 93.1 Å². The van der Waals surface area contributed by atoms with Gasteiger partial charge in [-0.25, -0.2) is 4.68 Å². The molecule has 1 heterocycles. The minimum absolute atomic E-state index is 0.183. The molecule has 0 aliphatic carbocycles. The van der Waals surface area contributed by atoms with E-state index in [1.165, 1.54) is 0 Å². The number of nitrogens with one attached hydrogen (secondary N) is 2. The molecule has 0 bridgehead atoms. The molecule has 7 heteroatoms. The number of aromatic nitrogens is 2. The zero-order valence-electron chi connectivity index (χ0n) is 16.5. The van der Waals surface area contributed by atoms with Gasteiger partial charge in [-0.05, 0) is 43.7 Å². The minimum Gasteiger partial charge on any atom is -0.355 e. The number of carbonyl (C=O) groups is 3. The third-order valence-corrected chi connectivity index (χ3v) is 4.62. The van der Waals surface area contributed by atoms with Crippen molar-refractivity contribution in [1.29, 1.82) is 0 Å². The predicted molar refractivity (Wildman–Crippen MR) is 109 cm³/mol. The summed E-state index contributed by atoms with van der Waals surface area (Å²) in [5.41, 5.74) is 3.56. The molecule has 3 aromatic rings. The second-order valence-electron chi connectivity index (χ2n) is 6.58. The van der Waals surface area contributed by atoms with E-state index in [1.54, 1.807) is 49.8 Å². The first kappa shape index (κ1) is 20.0. The van der Waals surface area contributed by atoms with Crippen molar-refractivity contribution in [1.82, 2.24) is 20.4 Å². The Morgan fingerprint density at radius 3 is 2.24 bits per heavy atom. The molecule has 0 aliphatic rings. The zero-order valence-corrected chi connectivity index (χ0v) is 16.5. The van der Waals surface area contributed by atoms with E-state index in [0.717, 1.165) is 11.3 Å². The van der Waals surface area contributed by atoms with E-state index < -0.39 is 11.7 Å². The molecule has 29 heavy (non-hydrogen) atoms. The summed E-state index contributed by atoms with van der Waals surface area (Å²) in [6.07, 6.45) is 0. The lowest BCUT2D eigenvalue weighted by atomic mass is 10.1. The molecule has 2 aromatic carbocycles. The Kier molecular flexibility index (Phi) is 5.87. The highest BCUT2D eigenvalue weighted by molar-refractivity contribution is 6.43. The van der Waals surface area contributed by atoms with E-state index in [9.17, 15) is 14.4 Å². The monoisotopic (exact) mass is 390 g/mol. The second kappa shape index (κ2) is 8.52. The number of benzene rings is 2. The van der Waals surface area contributed by atoms with Crippen LogP contribution in [-0.2, 0) is 11.3 Å². The quantitative estimate of drug-likeness (QED) is 0.499. The number of Topliss-reactive ketones (excluding diaryl/α,β-unsaturated/α-hetero) is 1. The SMILES string of the molecule is CNC(=O)c1ccc(CNC(=O)C(=O)c2c(C)nn(-c3ccccc3)c2C)cc1. The van der Waals surface area contributed by atoms with Gasteiger partial charge in [-0.15, -0.1) is 0 Å². The first-order valence-corrected chi connectivity index (χ1v) is 9.17. The number of ketones is 1. The summed E-state index contributed by atoms with van der Waals surface area (Å²) in [6, 6.07) is 16.2. The van der Waals surface area contributed by atoms with E-state index in [-0.39, 0.29) is 12.5 Å². The third kappa shape index (κ3) is 4.24. The van der Waals surface area contributed by atoms with Crippen LogP contribution in [0.2, 0.25) is 0 Å². The van der Waals surface area contributed by atoms with Gasteiger partial charge < -0.3 is 10.6 Å². The molecule has 0 aliphatic heterocycles. The van der Waals surface area contributed by atoms with Gasteiger partial charge in [0.2, 0.25) is 0 Å². The fraction of sp³-hybridized carbons (Fsp3) is 0.182. The van der Waals surface area contributed by atoms with Gasteiger partial charge in [-0.1, -0.05) is 30.3 Å². The molecular formula is C22H22N4O3. The molecule has 0 fully saturated rings. The summed E-state index contributed by atoms with van der Waals surface area (Å²) in [7, 11) is 1.56. The number of hydrogen-bond donors (Lipinski definition) is 2. The number of para-hydroxylation sites is 1. The van der Waals surface area contributed by atoms with Gasteiger partial charge in [0, 0.05) is 19.2 Å². The number of carbonyl (C=O) groups excluding carboxylic acids is 3. The first-order valence-electron chi connectivity index (χ1n) is 9.17. The molecule has 0 atom stereocenters. The summed E-state index contributed by atoms with van der Waals surface area (Å²) in [5.74, 6) is -1.50. The second-order valence-corrected chi connectivity index (χ2v) is 6.58. The van der Waals surface area contributed by atoms with Gasteiger partial charge in [0.1, 0.15) is 0 Å². The lowest BCUT2D eigenvalue weighted by Crippen LogP contribution is -2.31. The van der Waals surface area contributed by atoms with Gasteiger partial charge >= 0.3 is 0 Å². The Morgan fingerprint density at radius 2 is 1.62 bits per heavy atom. The number of hydrogen-bond acceptors (Lipinski definition) is 4. The highest BCUT2D eigenvalue weighted by Gasteiger charge is 2.24. The summed E-state index contributed by atoms with van der Waals surface area (Å²) >= 11 is 0. The van der Waals surface area contributed by atoms with Crippen LogP contribution in [0, 0.1) is 13.8 Å². The van der Waals surface area contributed by atoms with E-state index in [4.69, 9.17) is 0 Å². The van der Waals surface area contributed by atoms with Crippen molar-refractivity contribution in [3.63, 3.8) is 0 Å². The van der Waals surface area contributed by atoms with Crippen LogP contribution in [0.25, 0.3) is 5.69 Å². The molecule has 0 saturated heterocycles. The molecule has 1 aromatic heterocycles. The van der Waals surface area contributed by atoms with Crippen molar-refractivity contribution < 1.29 is 14.4 Å².